The van der Waals surface area contributed by atoms with Crippen LogP contribution < -0.4 is 26.0 Å². The van der Waals surface area contributed by atoms with Crippen molar-refractivity contribution < 1.29 is 38.9 Å². The van der Waals surface area contributed by atoms with E-state index >= 15 is 0 Å². The van der Waals surface area contributed by atoms with E-state index in [1.54, 1.807) is 6.07 Å². The molecule has 3 saturated heterocycles. The van der Waals surface area contributed by atoms with Gasteiger partial charge in [-0.3, -0.25) is 24.6 Å². The zero-order chi connectivity index (χ0) is 33.1. The number of methoxy groups -OCH3 is 1. The van der Waals surface area contributed by atoms with Crippen molar-refractivity contribution in [3.8, 4) is 5.75 Å². The van der Waals surface area contributed by atoms with Gasteiger partial charge in [-0.15, -0.1) is 0 Å². The van der Waals surface area contributed by atoms with Crippen molar-refractivity contribution in [2.75, 3.05) is 26.8 Å². The molecule has 1 aromatic rings. The minimum atomic E-state index is -2.77. The van der Waals surface area contributed by atoms with Gasteiger partial charge in [-0.25, -0.2) is 9.79 Å². The molecule has 4 aliphatic heterocycles. The predicted molar refractivity (Wildman–Crippen MR) is 161 cm³/mol. The first-order valence-corrected chi connectivity index (χ1v) is 15.0. The number of alkyl halides is 3. The van der Waals surface area contributed by atoms with Crippen molar-refractivity contribution in [2.45, 2.75) is 60.1 Å². The number of amides is 4. The van der Waals surface area contributed by atoms with Crippen LogP contribution in [0.2, 0.25) is 0 Å². The van der Waals surface area contributed by atoms with E-state index in [1.165, 1.54) is 18.1 Å². The fourth-order valence-electron chi connectivity index (χ4n) is 6.13. The summed E-state index contributed by atoms with van der Waals surface area (Å²) in [6.07, 6.45) is -1.06. The summed E-state index contributed by atoms with van der Waals surface area (Å²) in [6, 6.07) is -0.297. The number of aliphatic imine (C=N–C) groups is 1. The molecule has 0 saturated carbocycles. The predicted octanol–water partition coefficient (Wildman–Crippen LogP) is 0.119. The Labute approximate surface area is 272 Å². The summed E-state index contributed by atoms with van der Waals surface area (Å²) in [4.78, 5) is 58.2. The first-order valence-electron chi connectivity index (χ1n) is 13.8. The Hall–Kier alpha value is -3.50. The normalized spacial score (nSPS) is 26.9. The lowest BCUT2D eigenvalue weighted by atomic mass is 9.85. The number of ether oxygens (including phenoxy) is 2. The number of alkyl carbamates (subject to hydrolysis) is 1. The second-order valence-corrected chi connectivity index (χ2v) is 13.7. The summed E-state index contributed by atoms with van der Waals surface area (Å²) >= 11 is 17.1. The van der Waals surface area contributed by atoms with Gasteiger partial charge in [0.25, 0.3) is 5.91 Å². The molecule has 0 bridgehead atoms. The van der Waals surface area contributed by atoms with E-state index in [0.717, 1.165) is 16.0 Å². The molecular weight excluding hydrogens is 657 g/mol. The van der Waals surface area contributed by atoms with Gasteiger partial charge in [-0.1, -0.05) is 41.4 Å². The maximum Gasteiger partial charge on any atom is 0.414 e. The SMILES string of the molecule is C=C1NC2[C@H](CN3C(=O)CCC3=O)N=C(NC(=O)OCC(Cl)(Cl)Cl)N3CC(NC(=O)c4cc(C)c(C)c(OC)c4)C(O)(O)C23N1. The van der Waals surface area contributed by atoms with Crippen molar-refractivity contribution >= 4 is 64.6 Å². The van der Waals surface area contributed by atoms with E-state index in [9.17, 15) is 29.4 Å². The Morgan fingerprint density at radius 1 is 1.20 bits per heavy atom. The van der Waals surface area contributed by atoms with Crippen LogP contribution in [0.25, 0.3) is 0 Å². The Bertz CT molecular complexity index is 1480. The molecule has 4 amide bonds. The van der Waals surface area contributed by atoms with Crippen molar-refractivity contribution in [1.29, 1.82) is 0 Å². The van der Waals surface area contributed by atoms with Gasteiger partial charge >= 0.3 is 6.09 Å². The fourth-order valence-corrected chi connectivity index (χ4v) is 6.30. The van der Waals surface area contributed by atoms with Gasteiger partial charge in [0, 0.05) is 24.9 Å². The van der Waals surface area contributed by atoms with E-state index in [2.05, 4.69) is 32.8 Å². The number of nitrogens with zero attached hydrogens (tertiary/aromatic N) is 3. The molecule has 3 unspecified atom stereocenters. The number of carbonyl (C=O) groups is 4. The largest absolute Gasteiger partial charge is 0.496 e. The number of aliphatic hydroxyl groups is 2. The van der Waals surface area contributed by atoms with Gasteiger partial charge in [0.1, 0.15) is 18.4 Å². The topological polar surface area (TPSA) is 194 Å². The van der Waals surface area contributed by atoms with Crippen molar-refractivity contribution in [3.05, 3.63) is 41.2 Å². The summed E-state index contributed by atoms with van der Waals surface area (Å²) in [5.74, 6) is -3.86. The zero-order valence-corrected chi connectivity index (χ0v) is 26.7. The number of aryl methyl sites for hydroxylation is 1. The molecule has 5 rings (SSSR count). The van der Waals surface area contributed by atoms with E-state index in [0.29, 0.717) is 5.75 Å². The van der Waals surface area contributed by atoms with Crippen molar-refractivity contribution in [2.24, 2.45) is 4.99 Å². The van der Waals surface area contributed by atoms with Crippen LogP contribution in [0.3, 0.4) is 0 Å². The monoisotopic (exact) mass is 687 g/mol. The number of benzene rings is 1. The Kier molecular flexibility index (Phi) is 8.55. The van der Waals surface area contributed by atoms with Gasteiger partial charge < -0.3 is 40.5 Å². The number of imide groups is 1. The molecule has 3 fully saturated rings. The minimum absolute atomic E-state index is 0.0192. The van der Waals surface area contributed by atoms with E-state index in [-0.39, 0.29) is 43.3 Å². The third-order valence-electron chi connectivity index (χ3n) is 8.40. The molecule has 6 N–H and O–H groups in total. The first kappa shape index (κ1) is 32.9. The fraction of sp³-hybridized carbons (Fsp3) is 0.519. The van der Waals surface area contributed by atoms with Crippen LogP contribution in [0.15, 0.2) is 29.5 Å². The van der Waals surface area contributed by atoms with Gasteiger partial charge in [0.05, 0.1) is 31.6 Å². The summed E-state index contributed by atoms with van der Waals surface area (Å²) in [7, 11) is 1.47. The molecule has 18 heteroatoms. The number of hydrogen-bond donors (Lipinski definition) is 6. The Morgan fingerprint density at radius 2 is 1.87 bits per heavy atom. The highest BCUT2D eigenvalue weighted by Gasteiger charge is 2.74. The Morgan fingerprint density at radius 3 is 2.49 bits per heavy atom. The van der Waals surface area contributed by atoms with E-state index in [1.807, 2.05) is 13.8 Å². The van der Waals surface area contributed by atoms with Crippen LogP contribution in [0.1, 0.15) is 34.3 Å². The average molecular weight is 689 g/mol. The number of nitrogens with one attached hydrogen (secondary N) is 4. The van der Waals surface area contributed by atoms with Gasteiger partial charge in [0.15, 0.2) is 5.66 Å². The third-order valence-corrected chi connectivity index (χ3v) is 8.73. The van der Waals surface area contributed by atoms with E-state index in [4.69, 9.17) is 44.3 Å². The number of hydrogen-bond acceptors (Lipinski definition) is 12. The smallest absolute Gasteiger partial charge is 0.414 e. The summed E-state index contributed by atoms with van der Waals surface area (Å²) in [5, 5.41) is 34.9. The standard InChI is InChI=1S/C27H32Cl3N7O8/c1-12-7-15(8-17(44-4)13(12)2)22(40)33-18-10-37-23(34-24(41)45-11-25(28,29)30)32-16(9-36-19(38)5-6-20(36)39)21-26(37,27(18,42)43)35-14(3)31-21/h7-8,16,18,21,31,35,42-43H,3,5-6,9-11H2,1-2,4H3,(H,33,40)(H,32,34,41)/t16-,18?,21?,26?/m0/s1. The summed E-state index contributed by atoms with van der Waals surface area (Å²) in [5.41, 5.74) is -0.112. The van der Waals surface area contributed by atoms with E-state index < -0.39 is 63.8 Å². The second kappa shape index (κ2) is 11.7. The second-order valence-electron chi connectivity index (χ2n) is 11.2. The van der Waals surface area contributed by atoms with Gasteiger partial charge in [-0.05, 0) is 37.1 Å². The first-order chi connectivity index (χ1) is 21.0. The molecule has 0 radical (unpaired) electrons. The molecule has 15 nitrogen and oxygen atoms in total. The molecule has 1 aromatic carbocycles. The average Bonchev–Trinajstić information content (AvgIpc) is 3.55. The number of rotatable bonds is 6. The minimum Gasteiger partial charge on any atom is -0.496 e. The highest BCUT2D eigenvalue weighted by Crippen LogP contribution is 2.45. The summed E-state index contributed by atoms with van der Waals surface area (Å²) in [6.45, 7) is 6.35. The van der Waals surface area contributed by atoms with Crippen LogP contribution in [0.5, 0.6) is 5.75 Å². The van der Waals surface area contributed by atoms with Gasteiger partial charge in [0.2, 0.25) is 27.4 Å². The molecule has 1 spiro atoms. The highest BCUT2D eigenvalue weighted by molar-refractivity contribution is 6.67. The third kappa shape index (κ3) is 5.83. The van der Waals surface area contributed by atoms with Gasteiger partial charge in [-0.2, -0.15) is 0 Å². The summed E-state index contributed by atoms with van der Waals surface area (Å²) < 4.78 is 8.47. The highest BCUT2D eigenvalue weighted by atomic mass is 35.6. The van der Waals surface area contributed by atoms with Crippen LogP contribution in [-0.2, 0) is 14.3 Å². The Balaban J connectivity index is 1.51. The van der Waals surface area contributed by atoms with Crippen molar-refractivity contribution in [1.82, 2.24) is 31.1 Å². The molecule has 4 aliphatic rings. The number of likely N-dealkylation sites (tertiary alicyclic amines) is 1. The van der Waals surface area contributed by atoms with Crippen LogP contribution in [0.4, 0.5) is 4.79 Å². The molecule has 244 valence electrons. The van der Waals surface area contributed by atoms with Crippen LogP contribution in [-0.4, -0.2) is 110 Å². The van der Waals surface area contributed by atoms with Crippen molar-refractivity contribution in [3.63, 3.8) is 0 Å². The van der Waals surface area contributed by atoms with Crippen LogP contribution in [0, 0.1) is 13.8 Å². The lowest BCUT2D eigenvalue weighted by Gasteiger charge is -2.49. The molecule has 0 aliphatic carbocycles. The zero-order valence-electron chi connectivity index (χ0n) is 24.4. The lowest BCUT2D eigenvalue weighted by molar-refractivity contribution is -0.231. The lowest BCUT2D eigenvalue weighted by Crippen LogP contribution is -2.78. The molecule has 0 aromatic heterocycles. The van der Waals surface area contributed by atoms with Crippen LogP contribution >= 0.6 is 34.8 Å². The molecular formula is C27H32Cl3N7O8. The number of halogens is 3. The number of guanidine groups is 1. The maximum atomic E-state index is 13.5. The molecule has 4 heterocycles. The number of carbonyl (C=O) groups excluding carboxylic acids is 4. The quantitative estimate of drug-likeness (QED) is 0.135. The maximum absolute atomic E-state index is 13.5. The molecule has 4 atom stereocenters. The molecule has 45 heavy (non-hydrogen) atoms.